The number of carbonyl (C=O) groups is 2. The molecule has 0 saturated heterocycles. The molecule has 0 aromatic heterocycles. The average molecular weight is 459 g/mol. The second kappa shape index (κ2) is 20.5. The number of unbranched alkanes of at least 4 members (excludes halogenated alkanes) is 11. The highest BCUT2D eigenvalue weighted by atomic mass is 16.5. The van der Waals surface area contributed by atoms with E-state index in [9.17, 15) is 9.59 Å². The molecule has 0 radical (unpaired) electrons. The summed E-state index contributed by atoms with van der Waals surface area (Å²) in [5.41, 5.74) is 0.596. The standard InChI is InChI=1S/C29H46O4/c1-3-4-21-26(2)33-28(30)24-19-14-12-10-8-6-5-7-9-11-13-15-20-25-32-29(31)27-22-17-16-18-23-27/h15-18,20,22-23,26H,3-14,19,21,24-25H2,1-2H3/t26-/m0/s1. The highest BCUT2D eigenvalue weighted by Crippen LogP contribution is 2.13. The number of carbonyl (C=O) groups excluding carboxylic acids is 2. The molecule has 0 spiro atoms. The molecule has 186 valence electrons. The topological polar surface area (TPSA) is 52.6 Å². The maximum Gasteiger partial charge on any atom is 0.338 e. The zero-order chi connectivity index (χ0) is 24.0. The van der Waals surface area contributed by atoms with E-state index in [4.69, 9.17) is 9.47 Å². The number of rotatable bonds is 20. The Bertz CT molecular complexity index is 638. The van der Waals surface area contributed by atoms with Crippen LogP contribution in [0.15, 0.2) is 42.5 Å². The van der Waals surface area contributed by atoms with Gasteiger partial charge in [-0.15, -0.1) is 0 Å². The van der Waals surface area contributed by atoms with Gasteiger partial charge in [-0.1, -0.05) is 101 Å². The van der Waals surface area contributed by atoms with Crippen LogP contribution in [0.4, 0.5) is 0 Å². The van der Waals surface area contributed by atoms with Crippen LogP contribution in [0, 0.1) is 0 Å². The van der Waals surface area contributed by atoms with Gasteiger partial charge >= 0.3 is 11.9 Å². The fraction of sp³-hybridized carbons (Fsp3) is 0.655. The van der Waals surface area contributed by atoms with Crippen LogP contribution in [-0.4, -0.2) is 24.6 Å². The molecule has 0 aliphatic carbocycles. The predicted octanol–water partition coefficient (Wildman–Crippen LogP) is 8.20. The van der Waals surface area contributed by atoms with Crippen molar-refractivity contribution in [3.05, 3.63) is 48.0 Å². The SMILES string of the molecule is CCCC[C@H](C)OC(=O)CCCCCCCCCCCCC=CCOC(=O)c1ccccc1. The van der Waals surface area contributed by atoms with E-state index in [1.165, 1.54) is 51.4 Å². The first kappa shape index (κ1) is 28.9. The number of hydrogen-bond donors (Lipinski definition) is 0. The molecule has 0 amide bonds. The smallest absolute Gasteiger partial charge is 0.338 e. The molecule has 1 aromatic rings. The molecule has 0 fully saturated rings. The van der Waals surface area contributed by atoms with E-state index in [0.29, 0.717) is 18.6 Å². The number of hydrogen-bond acceptors (Lipinski definition) is 4. The highest BCUT2D eigenvalue weighted by molar-refractivity contribution is 5.89. The van der Waals surface area contributed by atoms with Crippen molar-refractivity contribution < 1.29 is 19.1 Å². The second-order valence-electron chi connectivity index (χ2n) is 8.95. The van der Waals surface area contributed by atoms with Crippen molar-refractivity contribution in [1.82, 2.24) is 0 Å². The minimum Gasteiger partial charge on any atom is -0.463 e. The van der Waals surface area contributed by atoms with E-state index < -0.39 is 0 Å². The van der Waals surface area contributed by atoms with Crippen LogP contribution in [0.1, 0.15) is 121 Å². The molecule has 4 nitrogen and oxygen atoms in total. The van der Waals surface area contributed by atoms with Crippen LogP contribution >= 0.6 is 0 Å². The Morgan fingerprint density at radius 1 is 0.818 bits per heavy atom. The van der Waals surface area contributed by atoms with Crippen molar-refractivity contribution in [2.24, 2.45) is 0 Å². The fourth-order valence-corrected chi connectivity index (χ4v) is 3.75. The Kier molecular flexibility index (Phi) is 18.0. The minimum atomic E-state index is -0.268. The fourth-order valence-electron chi connectivity index (χ4n) is 3.75. The zero-order valence-electron chi connectivity index (χ0n) is 21.1. The Hall–Kier alpha value is -2.10. The van der Waals surface area contributed by atoms with Gasteiger partial charge in [0.05, 0.1) is 11.7 Å². The lowest BCUT2D eigenvalue weighted by atomic mass is 10.1. The molecule has 0 heterocycles. The average Bonchev–Trinajstić information content (AvgIpc) is 2.82. The summed E-state index contributed by atoms with van der Waals surface area (Å²) in [6, 6.07) is 9.09. The quantitative estimate of drug-likeness (QED) is 0.112. The van der Waals surface area contributed by atoms with E-state index in [1.807, 2.05) is 31.2 Å². The first-order valence-corrected chi connectivity index (χ1v) is 13.2. The molecule has 0 bridgehead atoms. The van der Waals surface area contributed by atoms with Crippen LogP contribution < -0.4 is 0 Å². The molecule has 33 heavy (non-hydrogen) atoms. The monoisotopic (exact) mass is 458 g/mol. The first-order valence-electron chi connectivity index (χ1n) is 13.2. The van der Waals surface area contributed by atoms with Crippen molar-refractivity contribution in [2.45, 2.75) is 116 Å². The summed E-state index contributed by atoms with van der Waals surface area (Å²) in [6.07, 6.45) is 21.2. The van der Waals surface area contributed by atoms with Gasteiger partial charge in [0, 0.05) is 6.42 Å². The largest absolute Gasteiger partial charge is 0.463 e. The summed E-state index contributed by atoms with van der Waals surface area (Å²) in [5.74, 6) is -0.295. The van der Waals surface area contributed by atoms with Gasteiger partial charge in [-0.05, 0) is 44.7 Å². The molecule has 4 heteroatoms. The van der Waals surface area contributed by atoms with E-state index in [1.54, 1.807) is 12.1 Å². The van der Waals surface area contributed by atoms with Crippen molar-refractivity contribution in [2.75, 3.05) is 6.61 Å². The van der Waals surface area contributed by atoms with Gasteiger partial charge in [0.1, 0.15) is 6.61 Å². The minimum absolute atomic E-state index is 0.0263. The summed E-state index contributed by atoms with van der Waals surface area (Å²) in [5, 5.41) is 0. The third-order valence-electron chi connectivity index (χ3n) is 5.79. The van der Waals surface area contributed by atoms with Crippen LogP contribution in [0.25, 0.3) is 0 Å². The van der Waals surface area contributed by atoms with Gasteiger partial charge in [-0.3, -0.25) is 4.79 Å². The van der Waals surface area contributed by atoms with Crippen LogP contribution in [0.2, 0.25) is 0 Å². The molecular weight excluding hydrogens is 412 g/mol. The molecule has 0 unspecified atom stereocenters. The summed E-state index contributed by atoms with van der Waals surface area (Å²) >= 11 is 0. The lowest BCUT2D eigenvalue weighted by Gasteiger charge is -2.12. The first-order chi connectivity index (χ1) is 16.1. The number of esters is 2. The Morgan fingerprint density at radius 3 is 2.06 bits per heavy atom. The van der Waals surface area contributed by atoms with Gasteiger partial charge in [-0.2, -0.15) is 0 Å². The summed E-state index contributed by atoms with van der Waals surface area (Å²) < 4.78 is 10.7. The van der Waals surface area contributed by atoms with E-state index in [0.717, 1.165) is 38.5 Å². The second-order valence-corrected chi connectivity index (χ2v) is 8.95. The number of allylic oxidation sites excluding steroid dienone is 1. The van der Waals surface area contributed by atoms with Crippen molar-refractivity contribution in [3.63, 3.8) is 0 Å². The third kappa shape index (κ3) is 17.1. The summed E-state index contributed by atoms with van der Waals surface area (Å²) in [7, 11) is 0. The lowest BCUT2D eigenvalue weighted by molar-refractivity contribution is -0.148. The maximum atomic E-state index is 11.8. The third-order valence-corrected chi connectivity index (χ3v) is 5.79. The highest BCUT2D eigenvalue weighted by Gasteiger charge is 2.08. The Labute approximate surface area is 202 Å². The van der Waals surface area contributed by atoms with E-state index in [-0.39, 0.29) is 18.0 Å². The molecule has 1 aromatic carbocycles. The predicted molar refractivity (Wildman–Crippen MR) is 136 cm³/mol. The number of ether oxygens (including phenoxy) is 2. The normalized spacial score (nSPS) is 12.1. The molecule has 0 saturated carbocycles. The van der Waals surface area contributed by atoms with Gasteiger partial charge in [0.25, 0.3) is 0 Å². The summed E-state index contributed by atoms with van der Waals surface area (Å²) in [4.78, 5) is 23.6. The molecular formula is C29H46O4. The summed E-state index contributed by atoms with van der Waals surface area (Å²) in [6.45, 7) is 4.49. The van der Waals surface area contributed by atoms with E-state index in [2.05, 4.69) is 13.0 Å². The molecule has 1 atom stereocenters. The van der Waals surface area contributed by atoms with E-state index >= 15 is 0 Å². The van der Waals surface area contributed by atoms with Gasteiger partial charge in [-0.25, -0.2) is 4.79 Å². The van der Waals surface area contributed by atoms with Gasteiger partial charge in [0.15, 0.2) is 0 Å². The van der Waals surface area contributed by atoms with Crippen LogP contribution in [0.3, 0.4) is 0 Å². The van der Waals surface area contributed by atoms with Crippen LogP contribution in [0.5, 0.6) is 0 Å². The van der Waals surface area contributed by atoms with Crippen molar-refractivity contribution in [3.8, 4) is 0 Å². The zero-order valence-corrected chi connectivity index (χ0v) is 21.1. The van der Waals surface area contributed by atoms with Crippen molar-refractivity contribution >= 4 is 11.9 Å². The number of benzene rings is 1. The maximum absolute atomic E-state index is 11.8. The molecule has 0 aliphatic heterocycles. The Morgan fingerprint density at radius 2 is 1.42 bits per heavy atom. The van der Waals surface area contributed by atoms with Crippen molar-refractivity contribution in [1.29, 1.82) is 0 Å². The molecule has 0 N–H and O–H groups in total. The van der Waals surface area contributed by atoms with Gasteiger partial charge < -0.3 is 9.47 Å². The lowest BCUT2D eigenvalue weighted by Crippen LogP contribution is -2.14. The molecule has 0 aliphatic rings. The van der Waals surface area contributed by atoms with Gasteiger partial charge in [0.2, 0.25) is 0 Å². The Balaban J connectivity index is 1.82. The van der Waals surface area contributed by atoms with Crippen LogP contribution in [-0.2, 0) is 14.3 Å². The molecule has 1 rings (SSSR count).